The molecule has 10 nitrogen and oxygen atoms in total. The summed E-state index contributed by atoms with van der Waals surface area (Å²) in [5, 5.41) is 2.74. The number of rotatable bonds is 2. The first-order valence-electron chi connectivity index (χ1n) is 9.95. The molecule has 0 saturated carbocycles. The maximum Gasteiger partial charge on any atom is 0.449 e. The Morgan fingerprint density at radius 1 is 1.27 bits per heavy atom. The largest absolute Gasteiger partial charge is 0.449 e. The van der Waals surface area contributed by atoms with E-state index >= 15 is 0 Å². The monoisotopic (exact) mass is 477 g/mol. The summed E-state index contributed by atoms with van der Waals surface area (Å²) in [7, 11) is 0. The quantitative estimate of drug-likeness (QED) is 0.404. The van der Waals surface area contributed by atoms with Crippen LogP contribution in [0.5, 0.6) is 0 Å². The molecule has 0 spiro atoms. The molecule has 1 fully saturated rings. The topological polar surface area (TPSA) is 129 Å². The number of H-pyrrole nitrogens is 1. The number of nitrogens with two attached hydrogens (primary N) is 1. The zero-order chi connectivity index (χ0) is 23.3. The van der Waals surface area contributed by atoms with Crippen LogP contribution in [0, 0.1) is 0 Å². The number of nitrogen functional groups attached to an aromatic ring is 1. The van der Waals surface area contributed by atoms with Crippen LogP contribution < -0.4 is 16.0 Å². The lowest BCUT2D eigenvalue weighted by Crippen LogP contribution is -2.55. The SMILES string of the molecule is C[C@H]1CN(C(=O)Nc2ccc3nc(C(F)(F)F)[nH]c3c2)CCN1c1nc(N)nc2scnc12. The Hall–Kier alpha value is -3.68. The number of alkyl halides is 3. The highest BCUT2D eigenvalue weighted by Crippen LogP contribution is 2.30. The summed E-state index contributed by atoms with van der Waals surface area (Å²) in [5.41, 5.74) is 8.93. The summed E-state index contributed by atoms with van der Waals surface area (Å²) < 4.78 is 38.6. The number of nitrogens with zero attached hydrogens (tertiary/aromatic N) is 6. The molecule has 0 radical (unpaired) electrons. The number of hydrogen-bond acceptors (Lipinski definition) is 8. The minimum atomic E-state index is -4.57. The summed E-state index contributed by atoms with van der Waals surface area (Å²) in [6.07, 6.45) is -4.57. The van der Waals surface area contributed by atoms with Crippen LogP contribution in [0.2, 0.25) is 0 Å². The fourth-order valence-electron chi connectivity index (χ4n) is 3.84. The molecule has 4 aromatic rings. The molecule has 1 atom stereocenters. The van der Waals surface area contributed by atoms with Gasteiger partial charge in [-0.3, -0.25) is 0 Å². The number of nitrogens with one attached hydrogen (secondary N) is 2. The number of aromatic nitrogens is 5. The van der Waals surface area contributed by atoms with E-state index in [1.165, 1.54) is 29.5 Å². The Balaban J connectivity index is 1.29. The smallest absolute Gasteiger partial charge is 0.368 e. The molecule has 0 bridgehead atoms. The van der Waals surface area contributed by atoms with Crippen LogP contribution in [-0.2, 0) is 6.18 Å². The van der Waals surface area contributed by atoms with E-state index < -0.39 is 12.0 Å². The fraction of sp³-hybridized carbons (Fsp3) is 0.316. The average Bonchev–Trinajstić information content (AvgIpc) is 3.39. The molecule has 0 unspecified atom stereocenters. The van der Waals surface area contributed by atoms with Gasteiger partial charge in [0.25, 0.3) is 0 Å². The maximum absolute atomic E-state index is 12.9. The standard InChI is InChI=1S/C19H18F3N9OS/c1-9-7-30(4-5-31(9)14-13-15(33-8-24-13)29-17(23)28-14)18(32)25-10-2-3-11-12(6-10)27-16(26-11)19(20,21)22/h2-3,6,8-9H,4-5,7H2,1H3,(H,25,32)(H,26,27)(H2,23,28,29)/t9-/m0/s1. The number of amides is 2. The predicted molar refractivity (Wildman–Crippen MR) is 118 cm³/mol. The minimum absolute atomic E-state index is 0.0758. The van der Waals surface area contributed by atoms with Crippen LogP contribution in [0.1, 0.15) is 12.7 Å². The van der Waals surface area contributed by atoms with Gasteiger partial charge in [0.05, 0.1) is 16.5 Å². The molecule has 1 saturated heterocycles. The first-order valence-corrected chi connectivity index (χ1v) is 10.8. The average molecular weight is 477 g/mol. The molecule has 3 aromatic heterocycles. The highest BCUT2D eigenvalue weighted by Gasteiger charge is 2.35. The van der Waals surface area contributed by atoms with Crippen molar-refractivity contribution >= 4 is 56.2 Å². The van der Waals surface area contributed by atoms with Gasteiger partial charge in [-0.05, 0) is 25.1 Å². The number of benzene rings is 1. The molecule has 1 aliphatic heterocycles. The third-order valence-electron chi connectivity index (χ3n) is 5.39. The number of aromatic amines is 1. The van der Waals surface area contributed by atoms with Crippen molar-refractivity contribution < 1.29 is 18.0 Å². The molecule has 1 aromatic carbocycles. The van der Waals surface area contributed by atoms with Gasteiger partial charge < -0.3 is 25.8 Å². The maximum atomic E-state index is 12.9. The number of halogens is 3. The predicted octanol–water partition coefficient (Wildman–Crippen LogP) is 3.31. The highest BCUT2D eigenvalue weighted by atomic mass is 32.1. The molecule has 4 heterocycles. The molecular weight excluding hydrogens is 459 g/mol. The van der Waals surface area contributed by atoms with Gasteiger partial charge in [0.2, 0.25) is 11.8 Å². The van der Waals surface area contributed by atoms with Gasteiger partial charge in [0, 0.05) is 31.4 Å². The molecule has 4 N–H and O–H groups in total. The first kappa shape index (κ1) is 21.2. The van der Waals surface area contributed by atoms with Gasteiger partial charge in [-0.2, -0.15) is 18.2 Å². The van der Waals surface area contributed by atoms with E-state index in [1.807, 2.05) is 11.8 Å². The number of hydrogen-bond donors (Lipinski definition) is 3. The van der Waals surface area contributed by atoms with Crippen LogP contribution in [0.3, 0.4) is 0 Å². The van der Waals surface area contributed by atoms with Crippen LogP contribution in [-0.4, -0.2) is 61.5 Å². The van der Waals surface area contributed by atoms with E-state index in [0.29, 0.717) is 41.5 Å². The molecule has 33 heavy (non-hydrogen) atoms. The number of urea groups is 1. The number of piperazine rings is 1. The van der Waals surface area contributed by atoms with Crippen molar-refractivity contribution in [2.45, 2.75) is 19.1 Å². The third-order valence-corrected chi connectivity index (χ3v) is 6.10. The van der Waals surface area contributed by atoms with Crippen LogP contribution >= 0.6 is 11.3 Å². The molecule has 0 aliphatic carbocycles. The molecule has 5 rings (SSSR count). The molecular formula is C19H18F3N9OS. The second-order valence-electron chi connectivity index (χ2n) is 7.65. The van der Waals surface area contributed by atoms with Gasteiger partial charge in [-0.25, -0.2) is 19.7 Å². The number of anilines is 3. The van der Waals surface area contributed by atoms with E-state index in [9.17, 15) is 18.0 Å². The lowest BCUT2D eigenvalue weighted by atomic mass is 10.2. The summed E-state index contributed by atoms with van der Waals surface area (Å²) in [5.74, 6) is -0.279. The summed E-state index contributed by atoms with van der Waals surface area (Å²) >= 11 is 1.38. The molecule has 1 aliphatic rings. The second-order valence-corrected chi connectivity index (χ2v) is 8.48. The lowest BCUT2D eigenvalue weighted by Gasteiger charge is -2.40. The normalized spacial score (nSPS) is 17.2. The Bertz CT molecular complexity index is 1350. The number of carbonyl (C=O) groups excluding carboxylic acids is 1. The van der Waals surface area contributed by atoms with Gasteiger partial charge >= 0.3 is 12.2 Å². The Labute approximate surface area is 188 Å². The summed E-state index contributed by atoms with van der Waals surface area (Å²) in [4.78, 5) is 35.9. The Kier molecular flexibility index (Phi) is 4.96. The Morgan fingerprint density at radius 3 is 2.85 bits per heavy atom. The van der Waals surface area contributed by atoms with E-state index in [2.05, 4.69) is 30.2 Å². The molecule has 2 amide bonds. The van der Waals surface area contributed by atoms with E-state index in [4.69, 9.17) is 5.73 Å². The van der Waals surface area contributed by atoms with Crippen molar-refractivity contribution in [3.63, 3.8) is 0 Å². The van der Waals surface area contributed by atoms with Gasteiger partial charge in [0.15, 0.2) is 10.6 Å². The van der Waals surface area contributed by atoms with Crippen LogP contribution in [0.25, 0.3) is 21.4 Å². The molecule has 172 valence electrons. The zero-order valence-corrected chi connectivity index (χ0v) is 18.0. The third kappa shape index (κ3) is 3.97. The van der Waals surface area contributed by atoms with Crippen molar-refractivity contribution in [3.05, 3.63) is 29.5 Å². The summed E-state index contributed by atoms with van der Waals surface area (Å²) in [6, 6.07) is 3.95. The summed E-state index contributed by atoms with van der Waals surface area (Å²) in [6.45, 7) is 3.29. The van der Waals surface area contributed by atoms with Crippen molar-refractivity contribution in [1.29, 1.82) is 0 Å². The highest BCUT2D eigenvalue weighted by molar-refractivity contribution is 7.16. The van der Waals surface area contributed by atoms with Gasteiger partial charge in [-0.1, -0.05) is 0 Å². The second kappa shape index (κ2) is 7.72. The Morgan fingerprint density at radius 2 is 2.09 bits per heavy atom. The number of fused-ring (bicyclic) bond motifs is 2. The van der Waals surface area contributed by atoms with Gasteiger partial charge in [0.1, 0.15) is 5.52 Å². The zero-order valence-electron chi connectivity index (χ0n) is 17.2. The van der Waals surface area contributed by atoms with E-state index in [-0.39, 0.29) is 29.1 Å². The van der Waals surface area contributed by atoms with Crippen molar-refractivity contribution in [2.75, 3.05) is 35.6 Å². The van der Waals surface area contributed by atoms with E-state index in [1.54, 1.807) is 10.4 Å². The van der Waals surface area contributed by atoms with Gasteiger partial charge in [-0.15, -0.1) is 11.3 Å². The first-order chi connectivity index (χ1) is 15.7. The van der Waals surface area contributed by atoms with Crippen molar-refractivity contribution in [1.82, 2.24) is 29.8 Å². The van der Waals surface area contributed by atoms with Crippen LogP contribution in [0.15, 0.2) is 23.7 Å². The fourth-order valence-corrected chi connectivity index (χ4v) is 4.50. The lowest BCUT2D eigenvalue weighted by molar-refractivity contribution is -0.144. The number of imidazole rings is 1. The number of carbonyl (C=O) groups is 1. The van der Waals surface area contributed by atoms with E-state index in [0.717, 1.165) is 0 Å². The van der Waals surface area contributed by atoms with Crippen molar-refractivity contribution in [2.24, 2.45) is 0 Å². The number of thiazole rings is 1. The van der Waals surface area contributed by atoms with Crippen LogP contribution in [0.4, 0.5) is 35.4 Å². The van der Waals surface area contributed by atoms with Crippen molar-refractivity contribution in [3.8, 4) is 0 Å². The minimum Gasteiger partial charge on any atom is -0.368 e. The molecule has 14 heteroatoms.